The Bertz CT molecular complexity index is 493. The summed E-state index contributed by atoms with van der Waals surface area (Å²) in [6.45, 7) is 6.45. The zero-order valence-corrected chi connectivity index (χ0v) is 14.1. The molecule has 0 saturated heterocycles. The molecule has 0 spiro atoms. The monoisotopic (exact) mass is 308 g/mol. The lowest BCUT2D eigenvalue weighted by Gasteiger charge is -2.31. The molecule has 1 aliphatic rings. The summed E-state index contributed by atoms with van der Waals surface area (Å²) in [4.78, 5) is 16.0. The van der Waals surface area contributed by atoms with E-state index in [1.54, 1.807) is 0 Å². The molecule has 1 saturated carbocycles. The zero-order chi connectivity index (χ0) is 16.2. The lowest BCUT2D eigenvalue weighted by atomic mass is 9.91. The van der Waals surface area contributed by atoms with E-state index in [1.165, 1.54) is 5.69 Å². The van der Waals surface area contributed by atoms with Crippen molar-refractivity contribution in [2.45, 2.75) is 70.7 Å². The largest absolute Gasteiger partial charge is 0.444 e. The topological polar surface area (TPSA) is 68.2 Å². The highest BCUT2D eigenvalue weighted by Gasteiger charge is 2.25. The Hall–Kier alpha value is -1.56. The van der Waals surface area contributed by atoms with E-state index >= 15 is 0 Å². The summed E-state index contributed by atoms with van der Waals surface area (Å²) in [5.74, 6) is 0. The molecule has 22 heavy (non-hydrogen) atoms. The molecule has 1 aromatic heterocycles. The predicted octanol–water partition coefficient (Wildman–Crippen LogP) is 2.35. The lowest BCUT2D eigenvalue weighted by molar-refractivity contribution is 0.0488. The van der Waals surface area contributed by atoms with Crippen molar-refractivity contribution in [3.05, 3.63) is 18.2 Å². The maximum absolute atomic E-state index is 11.9. The Balaban J connectivity index is 1.77. The van der Waals surface area contributed by atoms with Crippen LogP contribution in [0.15, 0.2) is 12.5 Å². The van der Waals surface area contributed by atoms with Crippen molar-refractivity contribution in [3.8, 4) is 0 Å². The fraction of sp³-hybridized carbons (Fsp3) is 0.750. The zero-order valence-electron chi connectivity index (χ0n) is 14.1. The van der Waals surface area contributed by atoms with Crippen LogP contribution in [0.4, 0.5) is 4.79 Å². The van der Waals surface area contributed by atoms with Crippen LogP contribution in [-0.2, 0) is 18.3 Å². The molecule has 2 rings (SSSR count). The van der Waals surface area contributed by atoms with Gasteiger partial charge in [-0.25, -0.2) is 9.78 Å². The van der Waals surface area contributed by atoms with Gasteiger partial charge < -0.3 is 19.9 Å². The number of aryl methyl sites for hydroxylation is 1. The molecule has 0 radical (unpaired) electrons. The van der Waals surface area contributed by atoms with Crippen molar-refractivity contribution in [1.82, 2.24) is 20.2 Å². The first-order chi connectivity index (χ1) is 10.3. The number of aromatic nitrogens is 2. The number of carbonyl (C=O) groups is 1. The van der Waals surface area contributed by atoms with Gasteiger partial charge in [0.1, 0.15) is 5.60 Å². The number of amides is 1. The summed E-state index contributed by atoms with van der Waals surface area (Å²) < 4.78 is 7.35. The molecule has 1 aromatic rings. The molecule has 0 aliphatic heterocycles. The Morgan fingerprint density at radius 2 is 2.14 bits per heavy atom. The van der Waals surface area contributed by atoms with Crippen molar-refractivity contribution in [2.24, 2.45) is 7.05 Å². The second kappa shape index (κ2) is 7.13. The van der Waals surface area contributed by atoms with E-state index in [2.05, 4.69) is 15.6 Å². The van der Waals surface area contributed by atoms with Crippen LogP contribution in [0.1, 0.15) is 52.1 Å². The van der Waals surface area contributed by atoms with Gasteiger partial charge in [-0.15, -0.1) is 0 Å². The van der Waals surface area contributed by atoms with Crippen LogP contribution in [0.5, 0.6) is 0 Å². The summed E-state index contributed by atoms with van der Waals surface area (Å²) in [5, 5.41) is 6.55. The molecule has 2 N–H and O–H groups in total. The van der Waals surface area contributed by atoms with Gasteiger partial charge in [-0.3, -0.25) is 0 Å². The van der Waals surface area contributed by atoms with E-state index in [-0.39, 0.29) is 12.1 Å². The minimum absolute atomic E-state index is 0.188. The van der Waals surface area contributed by atoms with Crippen molar-refractivity contribution in [3.63, 3.8) is 0 Å². The maximum Gasteiger partial charge on any atom is 0.407 e. The van der Waals surface area contributed by atoms with E-state index in [0.29, 0.717) is 6.04 Å². The summed E-state index contributed by atoms with van der Waals surface area (Å²) in [6, 6.07) is 0.608. The summed E-state index contributed by atoms with van der Waals surface area (Å²) in [6.07, 6.45) is 7.59. The number of carbonyl (C=O) groups excluding carboxylic acids is 1. The quantitative estimate of drug-likeness (QED) is 0.896. The minimum atomic E-state index is -0.448. The summed E-state index contributed by atoms with van der Waals surface area (Å²) in [7, 11) is 2.00. The lowest BCUT2D eigenvalue weighted by Crippen LogP contribution is -2.45. The van der Waals surface area contributed by atoms with Crippen LogP contribution >= 0.6 is 0 Å². The molecule has 1 amide bonds. The van der Waals surface area contributed by atoms with Gasteiger partial charge in [0.05, 0.1) is 12.0 Å². The maximum atomic E-state index is 11.9. The smallest absolute Gasteiger partial charge is 0.407 e. The number of alkyl carbamates (subject to hydrolysis) is 1. The first kappa shape index (κ1) is 16.8. The molecule has 6 nitrogen and oxygen atoms in total. The van der Waals surface area contributed by atoms with Crippen LogP contribution in [0.3, 0.4) is 0 Å². The van der Waals surface area contributed by atoms with Gasteiger partial charge >= 0.3 is 6.09 Å². The van der Waals surface area contributed by atoms with Crippen LogP contribution in [0.25, 0.3) is 0 Å². The van der Waals surface area contributed by atoms with E-state index in [1.807, 2.05) is 44.9 Å². The van der Waals surface area contributed by atoms with Crippen LogP contribution < -0.4 is 10.6 Å². The van der Waals surface area contributed by atoms with Gasteiger partial charge in [0.25, 0.3) is 0 Å². The standard InChI is InChI=1S/C16H28N4O2/c1-16(2,3)22-15(21)19-13-7-5-6-12(8-13)18-10-14-9-17-11-20(14)4/h9,11-13,18H,5-8,10H2,1-4H3,(H,19,21)/t12-,13+/m1/s1. The van der Waals surface area contributed by atoms with Gasteiger partial charge in [0.2, 0.25) is 0 Å². The Labute approximate surface area is 132 Å². The van der Waals surface area contributed by atoms with Gasteiger partial charge in [-0.1, -0.05) is 0 Å². The van der Waals surface area contributed by atoms with Gasteiger partial charge in [0.15, 0.2) is 0 Å². The Morgan fingerprint density at radius 1 is 1.41 bits per heavy atom. The normalized spacial score (nSPS) is 22.4. The number of ether oxygens (including phenoxy) is 1. The first-order valence-electron chi connectivity index (χ1n) is 8.01. The Morgan fingerprint density at radius 3 is 2.77 bits per heavy atom. The third kappa shape index (κ3) is 5.33. The molecule has 0 aromatic carbocycles. The van der Waals surface area contributed by atoms with Crippen molar-refractivity contribution in [2.75, 3.05) is 0 Å². The van der Waals surface area contributed by atoms with Gasteiger partial charge in [-0.2, -0.15) is 0 Å². The Kier molecular flexibility index (Phi) is 5.45. The second-order valence-electron chi connectivity index (χ2n) is 7.08. The number of hydrogen-bond donors (Lipinski definition) is 2. The van der Waals surface area contributed by atoms with Gasteiger partial charge in [0, 0.05) is 31.9 Å². The summed E-state index contributed by atoms with van der Waals surface area (Å²) in [5.41, 5.74) is 0.720. The third-order valence-corrected chi connectivity index (χ3v) is 3.88. The van der Waals surface area contributed by atoms with E-state index in [0.717, 1.165) is 32.2 Å². The number of nitrogens with zero attached hydrogens (tertiary/aromatic N) is 2. The van der Waals surface area contributed by atoms with Crippen LogP contribution in [0.2, 0.25) is 0 Å². The fourth-order valence-electron chi connectivity index (χ4n) is 2.78. The molecule has 2 atom stereocenters. The molecule has 6 heteroatoms. The molecule has 0 unspecified atom stereocenters. The molecular weight excluding hydrogens is 280 g/mol. The van der Waals surface area contributed by atoms with Crippen LogP contribution in [0, 0.1) is 0 Å². The second-order valence-corrected chi connectivity index (χ2v) is 7.08. The summed E-state index contributed by atoms with van der Waals surface area (Å²) >= 11 is 0. The minimum Gasteiger partial charge on any atom is -0.444 e. The molecule has 1 aliphatic carbocycles. The number of nitrogens with one attached hydrogen (secondary N) is 2. The molecule has 124 valence electrons. The molecule has 0 bridgehead atoms. The third-order valence-electron chi connectivity index (χ3n) is 3.88. The first-order valence-corrected chi connectivity index (χ1v) is 8.01. The van der Waals surface area contributed by atoms with Crippen LogP contribution in [-0.4, -0.2) is 33.3 Å². The molecule has 1 heterocycles. The SMILES string of the molecule is Cn1cncc1CN[C@@H]1CCC[C@H](NC(=O)OC(C)(C)C)C1. The highest BCUT2D eigenvalue weighted by molar-refractivity contribution is 5.68. The van der Waals surface area contributed by atoms with Gasteiger partial charge in [-0.05, 0) is 46.5 Å². The van der Waals surface area contributed by atoms with E-state index < -0.39 is 5.60 Å². The number of hydrogen-bond acceptors (Lipinski definition) is 4. The fourth-order valence-corrected chi connectivity index (χ4v) is 2.78. The van der Waals surface area contributed by atoms with Crippen molar-refractivity contribution < 1.29 is 9.53 Å². The highest BCUT2D eigenvalue weighted by atomic mass is 16.6. The molecular formula is C16H28N4O2. The number of rotatable bonds is 4. The average Bonchev–Trinajstić information content (AvgIpc) is 2.80. The number of imidazole rings is 1. The van der Waals surface area contributed by atoms with E-state index in [9.17, 15) is 4.79 Å². The van der Waals surface area contributed by atoms with Crippen molar-refractivity contribution in [1.29, 1.82) is 0 Å². The highest BCUT2D eigenvalue weighted by Crippen LogP contribution is 2.19. The average molecular weight is 308 g/mol. The van der Waals surface area contributed by atoms with E-state index in [4.69, 9.17) is 4.74 Å². The van der Waals surface area contributed by atoms with Crippen molar-refractivity contribution >= 4 is 6.09 Å². The predicted molar refractivity (Wildman–Crippen MR) is 85.5 cm³/mol. The molecule has 1 fully saturated rings.